The summed E-state index contributed by atoms with van der Waals surface area (Å²) in [6.45, 7) is 0.774. The van der Waals surface area contributed by atoms with E-state index in [9.17, 15) is 5.11 Å². The summed E-state index contributed by atoms with van der Waals surface area (Å²) in [7, 11) is 1.57. The number of halogens is 1. The van der Waals surface area contributed by atoms with Crippen LogP contribution in [-0.2, 0) is 6.61 Å². The first-order chi connectivity index (χ1) is 10.2. The van der Waals surface area contributed by atoms with Gasteiger partial charge in [-0.3, -0.25) is 0 Å². The highest BCUT2D eigenvalue weighted by molar-refractivity contribution is 9.10. The fraction of sp³-hybridized carbons (Fsp3) is 0.250. The van der Waals surface area contributed by atoms with Crippen LogP contribution in [0.4, 0.5) is 0 Å². The van der Waals surface area contributed by atoms with Crippen molar-refractivity contribution in [2.45, 2.75) is 6.61 Å². The monoisotopic (exact) mass is 352 g/mol. The molecule has 0 amide bonds. The molecule has 2 aromatic rings. The van der Waals surface area contributed by atoms with Gasteiger partial charge in [0.2, 0.25) is 0 Å². The average molecular weight is 353 g/mol. The van der Waals surface area contributed by atoms with Crippen molar-refractivity contribution in [1.29, 1.82) is 0 Å². The first kappa shape index (κ1) is 15.7. The fourth-order valence-corrected chi connectivity index (χ4v) is 2.43. The molecular formula is C16H17BrO4. The summed E-state index contributed by atoms with van der Waals surface area (Å²) in [5.74, 6) is 1.99. The maximum Gasteiger partial charge on any atom is 0.175 e. The number of benzene rings is 2. The smallest absolute Gasteiger partial charge is 0.175 e. The molecule has 0 radical (unpaired) electrons. The zero-order chi connectivity index (χ0) is 15.1. The number of hydrogen-bond donors (Lipinski definition) is 1. The van der Waals surface area contributed by atoms with E-state index in [0.29, 0.717) is 24.7 Å². The van der Waals surface area contributed by atoms with Crippen LogP contribution in [0.3, 0.4) is 0 Å². The third-order valence-electron chi connectivity index (χ3n) is 2.81. The van der Waals surface area contributed by atoms with Crippen molar-refractivity contribution < 1.29 is 19.3 Å². The van der Waals surface area contributed by atoms with Crippen molar-refractivity contribution in [3.05, 3.63) is 52.5 Å². The minimum absolute atomic E-state index is 0.0492. The van der Waals surface area contributed by atoms with Crippen molar-refractivity contribution in [2.75, 3.05) is 20.3 Å². The summed E-state index contributed by atoms with van der Waals surface area (Å²) >= 11 is 3.42. The van der Waals surface area contributed by atoms with E-state index in [1.807, 2.05) is 30.3 Å². The van der Waals surface area contributed by atoms with Gasteiger partial charge in [0.15, 0.2) is 11.5 Å². The Labute approximate surface area is 132 Å². The molecule has 0 spiro atoms. The molecule has 0 fully saturated rings. The second-order valence-electron chi connectivity index (χ2n) is 4.28. The maximum absolute atomic E-state index is 9.18. The number of hydrogen-bond acceptors (Lipinski definition) is 4. The molecule has 0 unspecified atom stereocenters. The largest absolute Gasteiger partial charge is 0.493 e. The summed E-state index contributed by atoms with van der Waals surface area (Å²) in [4.78, 5) is 0. The molecule has 0 atom stereocenters. The van der Waals surface area contributed by atoms with Gasteiger partial charge in [-0.2, -0.15) is 0 Å². The summed E-state index contributed by atoms with van der Waals surface area (Å²) in [5.41, 5.74) is 0.756. The van der Waals surface area contributed by atoms with Gasteiger partial charge in [0.25, 0.3) is 0 Å². The number of aliphatic hydroxyl groups excluding tert-OH is 1. The van der Waals surface area contributed by atoms with E-state index in [0.717, 1.165) is 15.8 Å². The van der Waals surface area contributed by atoms with Gasteiger partial charge in [-0.1, -0.05) is 18.2 Å². The third-order valence-corrected chi connectivity index (χ3v) is 3.40. The van der Waals surface area contributed by atoms with E-state index >= 15 is 0 Å². The SMILES string of the molecule is COc1cc(CO)cc(Br)c1OCCOc1ccccc1. The van der Waals surface area contributed by atoms with E-state index in [4.69, 9.17) is 14.2 Å². The van der Waals surface area contributed by atoms with Gasteiger partial charge in [0, 0.05) is 0 Å². The number of rotatable bonds is 7. The summed E-state index contributed by atoms with van der Waals surface area (Å²) in [6, 6.07) is 13.1. The average Bonchev–Trinajstić information content (AvgIpc) is 2.53. The Hall–Kier alpha value is -1.72. The van der Waals surface area contributed by atoms with Gasteiger partial charge in [-0.05, 0) is 45.8 Å². The summed E-state index contributed by atoms with van der Waals surface area (Å²) in [5, 5.41) is 9.18. The van der Waals surface area contributed by atoms with Crippen LogP contribution in [0.2, 0.25) is 0 Å². The van der Waals surface area contributed by atoms with Gasteiger partial charge < -0.3 is 19.3 Å². The molecule has 2 aromatic carbocycles. The molecule has 0 saturated heterocycles. The molecule has 112 valence electrons. The lowest BCUT2D eigenvalue weighted by Crippen LogP contribution is -2.10. The molecule has 0 heterocycles. The van der Waals surface area contributed by atoms with Crippen molar-refractivity contribution >= 4 is 15.9 Å². The summed E-state index contributed by atoms with van der Waals surface area (Å²) in [6.07, 6.45) is 0. The van der Waals surface area contributed by atoms with Crippen LogP contribution in [0.1, 0.15) is 5.56 Å². The number of ether oxygens (including phenoxy) is 3. The van der Waals surface area contributed by atoms with E-state index in [2.05, 4.69) is 15.9 Å². The second-order valence-corrected chi connectivity index (χ2v) is 5.13. The van der Waals surface area contributed by atoms with E-state index in [-0.39, 0.29) is 6.61 Å². The Morgan fingerprint density at radius 3 is 2.43 bits per heavy atom. The molecule has 2 rings (SSSR count). The van der Waals surface area contributed by atoms with Crippen LogP contribution in [-0.4, -0.2) is 25.4 Å². The normalized spacial score (nSPS) is 10.2. The topological polar surface area (TPSA) is 47.9 Å². The first-order valence-electron chi connectivity index (χ1n) is 6.52. The first-order valence-corrected chi connectivity index (χ1v) is 7.32. The van der Waals surface area contributed by atoms with Crippen LogP contribution in [0.15, 0.2) is 46.9 Å². The van der Waals surface area contributed by atoms with Gasteiger partial charge in [0.1, 0.15) is 19.0 Å². The Morgan fingerprint density at radius 2 is 1.76 bits per heavy atom. The van der Waals surface area contributed by atoms with Crippen LogP contribution < -0.4 is 14.2 Å². The molecule has 0 aliphatic carbocycles. The molecule has 21 heavy (non-hydrogen) atoms. The molecule has 0 bridgehead atoms. The zero-order valence-corrected chi connectivity index (χ0v) is 13.3. The molecule has 1 N–H and O–H groups in total. The standard InChI is InChI=1S/C16H17BrO4/c1-19-15-10-12(11-18)9-14(17)16(15)21-8-7-20-13-5-3-2-4-6-13/h2-6,9-10,18H,7-8,11H2,1H3. The van der Waals surface area contributed by atoms with Gasteiger partial charge in [0.05, 0.1) is 18.2 Å². The van der Waals surface area contributed by atoms with Crippen LogP contribution >= 0.6 is 15.9 Å². The van der Waals surface area contributed by atoms with Crippen LogP contribution in [0.25, 0.3) is 0 Å². The highest BCUT2D eigenvalue weighted by Gasteiger charge is 2.11. The molecule has 0 saturated carbocycles. The van der Waals surface area contributed by atoms with Crippen LogP contribution in [0, 0.1) is 0 Å². The molecule has 0 aliphatic heterocycles. The van der Waals surface area contributed by atoms with E-state index in [1.165, 1.54) is 0 Å². The summed E-state index contributed by atoms with van der Waals surface area (Å²) < 4.78 is 17.3. The number of aliphatic hydroxyl groups is 1. The predicted octanol–water partition coefficient (Wildman–Crippen LogP) is 3.41. The Bertz CT molecular complexity index is 572. The Kier molecular flexibility index (Phi) is 5.90. The maximum atomic E-state index is 9.18. The van der Waals surface area contributed by atoms with Crippen molar-refractivity contribution in [3.63, 3.8) is 0 Å². The molecule has 4 nitrogen and oxygen atoms in total. The minimum atomic E-state index is -0.0492. The third kappa shape index (κ3) is 4.37. The quantitative estimate of drug-likeness (QED) is 0.775. The highest BCUT2D eigenvalue weighted by atomic mass is 79.9. The van der Waals surface area contributed by atoms with Crippen molar-refractivity contribution in [1.82, 2.24) is 0 Å². The number of methoxy groups -OCH3 is 1. The van der Waals surface area contributed by atoms with Gasteiger partial charge >= 0.3 is 0 Å². The van der Waals surface area contributed by atoms with Gasteiger partial charge in [-0.25, -0.2) is 0 Å². The van der Waals surface area contributed by atoms with E-state index < -0.39 is 0 Å². The zero-order valence-electron chi connectivity index (χ0n) is 11.7. The molecule has 5 heteroatoms. The lowest BCUT2D eigenvalue weighted by molar-refractivity contribution is 0.210. The fourth-order valence-electron chi connectivity index (χ4n) is 1.82. The lowest BCUT2D eigenvalue weighted by Gasteiger charge is -2.14. The van der Waals surface area contributed by atoms with Crippen molar-refractivity contribution in [2.24, 2.45) is 0 Å². The molecule has 0 aliphatic rings. The molecular weight excluding hydrogens is 336 g/mol. The predicted molar refractivity (Wildman–Crippen MR) is 84.0 cm³/mol. The lowest BCUT2D eigenvalue weighted by atomic mass is 10.2. The minimum Gasteiger partial charge on any atom is -0.493 e. The Morgan fingerprint density at radius 1 is 1.05 bits per heavy atom. The molecule has 0 aromatic heterocycles. The van der Waals surface area contributed by atoms with Crippen molar-refractivity contribution in [3.8, 4) is 17.2 Å². The number of para-hydroxylation sites is 1. The Balaban J connectivity index is 1.93. The van der Waals surface area contributed by atoms with Gasteiger partial charge in [-0.15, -0.1) is 0 Å². The highest BCUT2D eigenvalue weighted by Crippen LogP contribution is 2.36. The van der Waals surface area contributed by atoms with E-state index in [1.54, 1.807) is 19.2 Å². The second kappa shape index (κ2) is 7.90. The van der Waals surface area contributed by atoms with Crippen LogP contribution in [0.5, 0.6) is 17.2 Å².